The molecule has 1 aromatic carbocycles. The molecule has 0 amide bonds. The van der Waals surface area contributed by atoms with E-state index in [2.05, 4.69) is 53.7 Å². The van der Waals surface area contributed by atoms with Crippen LogP contribution in [-0.2, 0) is 0 Å². The zero-order valence-corrected chi connectivity index (χ0v) is 12.9. The van der Waals surface area contributed by atoms with Gasteiger partial charge in [0.1, 0.15) is 4.99 Å². The molecular formula is C13H19BrN2S. The average molecular weight is 315 g/mol. The van der Waals surface area contributed by atoms with Crippen LogP contribution in [0.1, 0.15) is 32.8 Å². The lowest BCUT2D eigenvalue weighted by Gasteiger charge is -2.30. The molecule has 0 radical (unpaired) electrons. The van der Waals surface area contributed by atoms with Gasteiger partial charge in [-0.25, -0.2) is 0 Å². The molecular weight excluding hydrogens is 296 g/mol. The second-order valence-electron chi connectivity index (χ2n) is 4.07. The molecule has 2 N–H and O–H groups in total. The summed E-state index contributed by atoms with van der Waals surface area (Å²) in [6.07, 6.45) is 1.13. The molecule has 1 aromatic rings. The summed E-state index contributed by atoms with van der Waals surface area (Å²) in [5, 5.41) is 0. The molecule has 0 bridgehead atoms. The number of rotatable bonds is 5. The highest BCUT2D eigenvalue weighted by Gasteiger charge is 2.12. The summed E-state index contributed by atoms with van der Waals surface area (Å²) in [5.74, 6) is 0. The number of hydrogen-bond donors (Lipinski definition) is 1. The van der Waals surface area contributed by atoms with Crippen LogP contribution in [0.5, 0.6) is 0 Å². The van der Waals surface area contributed by atoms with Crippen LogP contribution in [-0.4, -0.2) is 17.6 Å². The van der Waals surface area contributed by atoms with E-state index in [4.69, 9.17) is 18.0 Å². The van der Waals surface area contributed by atoms with Crippen molar-refractivity contribution in [1.82, 2.24) is 0 Å². The fourth-order valence-electron chi connectivity index (χ4n) is 1.85. The zero-order valence-electron chi connectivity index (χ0n) is 10.5. The third-order valence-corrected chi connectivity index (χ3v) is 3.89. The van der Waals surface area contributed by atoms with Crippen LogP contribution in [0, 0.1) is 0 Å². The van der Waals surface area contributed by atoms with Crippen molar-refractivity contribution in [2.75, 3.05) is 11.4 Å². The molecule has 94 valence electrons. The number of anilines is 1. The lowest BCUT2D eigenvalue weighted by atomic mass is 10.1. The molecule has 1 rings (SSSR count). The maximum atomic E-state index is 5.65. The number of halogens is 1. The molecule has 1 unspecified atom stereocenters. The number of hydrogen-bond acceptors (Lipinski definition) is 2. The molecule has 0 fully saturated rings. The Morgan fingerprint density at radius 3 is 2.53 bits per heavy atom. The Labute approximate surface area is 117 Å². The predicted molar refractivity (Wildman–Crippen MR) is 82.8 cm³/mol. The van der Waals surface area contributed by atoms with E-state index in [-0.39, 0.29) is 0 Å². The fourth-order valence-corrected chi connectivity index (χ4v) is 2.74. The van der Waals surface area contributed by atoms with E-state index >= 15 is 0 Å². The molecule has 17 heavy (non-hydrogen) atoms. The van der Waals surface area contributed by atoms with Crippen molar-refractivity contribution < 1.29 is 0 Å². The summed E-state index contributed by atoms with van der Waals surface area (Å²) in [4.78, 5) is 2.80. The molecule has 1 atom stereocenters. The standard InChI is InChI=1S/C13H19BrN2S/c1-4-9(3)16(5-2)10-6-7-11(13(15)17)12(14)8-10/h6-9H,4-5H2,1-3H3,(H2,15,17). The Bertz CT molecular complexity index is 406. The minimum Gasteiger partial charge on any atom is -0.389 e. The van der Waals surface area contributed by atoms with Gasteiger partial charge in [-0.15, -0.1) is 0 Å². The first-order valence-corrected chi connectivity index (χ1v) is 7.07. The second kappa shape index (κ2) is 6.36. The Morgan fingerprint density at radius 2 is 2.12 bits per heavy atom. The van der Waals surface area contributed by atoms with Crippen molar-refractivity contribution in [3.05, 3.63) is 28.2 Å². The largest absolute Gasteiger partial charge is 0.389 e. The van der Waals surface area contributed by atoms with Crippen molar-refractivity contribution >= 4 is 38.8 Å². The van der Waals surface area contributed by atoms with Gasteiger partial charge in [0, 0.05) is 28.3 Å². The van der Waals surface area contributed by atoms with Gasteiger partial charge in [0.2, 0.25) is 0 Å². The van der Waals surface area contributed by atoms with Crippen molar-refractivity contribution in [2.24, 2.45) is 5.73 Å². The number of thiocarbonyl (C=S) groups is 1. The third kappa shape index (κ3) is 3.42. The summed E-state index contributed by atoms with van der Waals surface area (Å²) < 4.78 is 0.962. The van der Waals surface area contributed by atoms with Gasteiger partial charge in [-0.1, -0.05) is 19.1 Å². The molecule has 4 heteroatoms. The van der Waals surface area contributed by atoms with Crippen LogP contribution in [0.3, 0.4) is 0 Å². The Balaban J connectivity index is 3.07. The SMILES string of the molecule is CCC(C)N(CC)c1ccc(C(N)=S)c(Br)c1. The van der Waals surface area contributed by atoms with Gasteiger partial charge >= 0.3 is 0 Å². The maximum Gasteiger partial charge on any atom is 0.105 e. The van der Waals surface area contributed by atoms with Crippen LogP contribution in [0.15, 0.2) is 22.7 Å². The highest BCUT2D eigenvalue weighted by molar-refractivity contribution is 9.10. The Kier molecular flexibility index (Phi) is 5.40. The maximum absolute atomic E-state index is 5.65. The zero-order chi connectivity index (χ0) is 13.0. The van der Waals surface area contributed by atoms with Gasteiger partial charge in [0.05, 0.1) is 0 Å². The monoisotopic (exact) mass is 314 g/mol. The molecule has 0 aliphatic heterocycles. The van der Waals surface area contributed by atoms with E-state index in [1.165, 1.54) is 5.69 Å². The summed E-state index contributed by atoms with van der Waals surface area (Å²) in [6.45, 7) is 7.60. The molecule has 0 aliphatic rings. The van der Waals surface area contributed by atoms with Gasteiger partial charge in [0.25, 0.3) is 0 Å². The van der Waals surface area contributed by atoms with E-state index in [9.17, 15) is 0 Å². The van der Waals surface area contributed by atoms with Crippen LogP contribution in [0.2, 0.25) is 0 Å². The van der Waals surface area contributed by atoms with E-state index in [1.54, 1.807) is 0 Å². The number of nitrogens with two attached hydrogens (primary N) is 1. The van der Waals surface area contributed by atoms with E-state index < -0.39 is 0 Å². The number of nitrogens with zero attached hydrogens (tertiary/aromatic N) is 1. The van der Waals surface area contributed by atoms with Crippen LogP contribution in [0.25, 0.3) is 0 Å². The molecule has 0 heterocycles. The van der Waals surface area contributed by atoms with Gasteiger partial charge in [-0.05, 0) is 54.4 Å². The number of benzene rings is 1. The quantitative estimate of drug-likeness (QED) is 0.840. The highest BCUT2D eigenvalue weighted by Crippen LogP contribution is 2.26. The average Bonchev–Trinajstić information content (AvgIpc) is 2.29. The first kappa shape index (κ1) is 14.5. The summed E-state index contributed by atoms with van der Waals surface area (Å²) in [5.41, 5.74) is 7.74. The van der Waals surface area contributed by atoms with Gasteiger partial charge in [-0.2, -0.15) is 0 Å². The van der Waals surface area contributed by atoms with E-state index in [1.807, 2.05) is 6.07 Å². The molecule has 2 nitrogen and oxygen atoms in total. The second-order valence-corrected chi connectivity index (χ2v) is 5.37. The fraction of sp³-hybridized carbons (Fsp3) is 0.462. The highest BCUT2D eigenvalue weighted by atomic mass is 79.9. The normalized spacial score (nSPS) is 12.2. The van der Waals surface area contributed by atoms with Gasteiger partial charge in [0.15, 0.2) is 0 Å². The Morgan fingerprint density at radius 1 is 1.47 bits per heavy atom. The van der Waals surface area contributed by atoms with E-state index in [0.717, 1.165) is 23.0 Å². The molecule has 0 saturated heterocycles. The van der Waals surface area contributed by atoms with E-state index in [0.29, 0.717) is 11.0 Å². The van der Waals surface area contributed by atoms with Gasteiger partial charge in [-0.3, -0.25) is 0 Å². The third-order valence-electron chi connectivity index (χ3n) is 3.01. The minimum absolute atomic E-state index is 0.426. The first-order valence-electron chi connectivity index (χ1n) is 5.87. The molecule has 0 spiro atoms. The lowest BCUT2D eigenvalue weighted by molar-refractivity contribution is 0.630. The van der Waals surface area contributed by atoms with Crippen molar-refractivity contribution in [2.45, 2.75) is 33.2 Å². The van der Waals surface area contributed by atoms with Crippen molar-refractivity contribution in [1.29, 1.82) is 0 Å². The first-order chi connectivity index (χ1) is 8.01. The van der Waals surface area contributed by atoms with Crippen molar-refractivity contribution in [3.63, 3.8) is 0 Å². The van der Waals surface area contributed by atoms with Crippen LogP contribution >= 0.6 is 28.1 Å². The lowest BCUT2D eigenvalue weighted by Crippen LogP contribution is -2.32. The van der Waals surface area contributed by atoms with Crippen LogP contribution in [0.4, 0.5) is 5.69 Å². The topological polar surface area (TPSA) is 29.3 Å². The molecule has 0 aromatic heterocycles. The minimum atomic E-state index is 0.426. The summed E-state index contributed by atoms with van der Waals surface area (Å²) in [7, 11) is 0. The summed E-state index contributed by atoms with van der Waals surface area (Å²) in [6, 6.07) is 6.67. The Hall–Kier alpha value is -0.610. The molecule has 0 saturated carbocycles. The predicted octanol–water partition coefficient (Wildman–Crippen LogP) is 3.71. The smallest absolute Gasteiger partial charge is 0.105 e. The summed E-state index contributed by atoms with van der Waals surface area (Å²) >= 11 is 8.52. The molecule has 0 aliphatic carbocycles. The van der Waals surface area contributed by atoms with Crippen LogP contribution < -0.4 is 10.6 Å². The van der Waals surface area contributed by atoms with Gasteiger partial charge < -0.3 is 10.6 Å². The van der Waals surface area contributed by atoms with Crippen molar-refractivity contribution in [3.8, 4) is 0 Å².